The van der Waals surface area contributed by atoms with Crippen molar-refractivity contribution in [2.24, 2.45) is 7.05 Å². The quantitative estimate of drug-likeness (QED) is 0.815. The lowest BCUT2D eigenvalue weighted by atomic mass is 10.2. The van der Waals surface area contributed by atoms with E-state index in [0.717, 1.165) is 62.8 Å². The molecular weight excluding hydrogens is 340 g/mol. The summed E-state index contributed by atoms with van der Waals surface area (Å²) in [7, 11) is 2.01. The van der Waals surface area contributed by atoms with Crippen LogP contribution < -0.4 is 5.32 Å². The van der Waals surface area contributed by atoms with Crippen LogP contribution in [-0.4, -0.2) is 59.8 Å². The molecule has 0 radical (unpaired) electrons. The Kier molecular flexibility index (Phi) is 6.90. The lowest BCUT2D eigenvalue weighted by Gasteiger charge is -2.28. The molecule has 3 rings (SSSR count). The second-order valence-electron chi connectivity index (χ2n) is 7.14. The maximum absolute atomic E-state index is 12.9. The van der Waals surface area contributed by atoms with Crippen LogP contribution in [0.2, 0.25) is 0 Å². The third-order valence-electron chi connectivity index (χ3n) is 4.97. The molecule has 27 heavy (non-hydrogen) atoms. The smallest absolute Gasteiger partial charge is 0.322 e. The minimum absolute atomic E-state index is 0.0521. The van der Waals surface area contributed by atoms with E-state index < -0.39 is 0 Å². The Hall–Kier alpha value is -2.31. The van der Waals surface area contributed by atoms with Crippen molar-refractivity contribution < 1.29 is 9.53 Å². The van der Waals surface area contributed by atoms with Gasteiger partial charge in [0.15, 0.2) is 0 Å². The molecule has 2 amide bonds. The average molecular weight is 370 g/mol. The van der Waals surface area contributed by atoms with Crippen molar-refractivity contribution in [1.82, 2.24) is 14.4 Å². The highest BCUT2D eigenvalue weighted by Crippen LogP contribution is 2.13. The summed E-state index contributed by atoms with van der Waals surface area (Å²) in [5, 5.41) is 3.05. The average Bonchev–Trinajstić information content (AvgIpc) is 3.06. The van der Waals surface area contributed by atoms with Gasteiger partial charge in [0.1, 0.15) is 0 Å². The SMILES string of the molecule is Cc1cccc(NC(=O)N(CCCN2CCOCC2)Cc2cccn2C)c1. The van der Waals surface area contributed by atoms with Crippen molar-refractivity contribution in [3.05, 3.63) is 53.9 Å². The van der Waals surface area contributed by atoms with Gasteiger partial charge in [-0.25, -0.2) is 4.79 Å². The van der Waals surface area contributed by atoms with Crippen molar-refractivity contribution >= 4 is 11.7 Å². The number of nitrogens with zero attached hydrogens (tertiary/aromatic N) is 3. The fourth-order valence-corrected chi connectivity index (χ4v) is 3.34. The van der Waals surface area contributed by atoms with E-state index in [1.807, 2.05) is 55.4 Å². The van der Waals surface area contributed by atoms with Crippen molar-refractivity contribution in [1.29, 1.82) is 0 Å². The maximum atomic E-state index is 12.9. The Morgan fingerprint density at radius 2 is 2.04 bits per heavy atom. The summed E-state index contributed by atoms with van der Waals surface area (Å²) in [4.78, 5) is 17.2. The predicted molar refractivity (Wildman–Crippen MR) is 108 cm³/mol. The number of aryl methyl sites for hydroxylation is 2. The van der Waals surface area contributed by atoms with Gasteiger partial charge in [0.25, 0.3) is 0 Å². The summed E-state index contributed by atoms with van der Waals surface area (Å²) in [5.41, 5.74) is 3.10. The molecule has 1 saturated heterocycles. The molecule has 1 fully saturated rings. The van der Waals surface area contributed by atoms with Crippen LogP contribution in [0, 0.1) is 6.92 Å². The van der Waals surface area contributed by atoms with Gasteiger partial charge < -0.3 is 19.5 Å². The summed E-state index contributed by atoms with van der Waals surface area (Å²) in [6.07, 6.45) is 2.96. The first-order valence-electron chi connectivity index (χ1n) is 9.65. The molecule has 0 atom stereocenters. The topological polar surface area (TPSA) is 49.7 Å². The molecule has 1 aliphatic rings. The molecule has 0 spiro atoms. The minimum Gasteiger partial charge on any atom is -0.379 e. The van der Waals surface area contributed by atoms with E-state index in [2.05, 4.69) is 20.9 Å². The Bertz CT molecular complexity index is 737. The Balaban J connectivity index is 1.61. The van der Waals surface area contributed by atoms with Crippen molar-refractivity contribution in [3.8, 4) is 0 Å². The first-order valence-corrected chi connectivity index (χ1v) is 9.65. The Labute approximate surface area is 161 Å². The number of hydrogen-bond acceptors (Lipinski definition) is 3. The van der Waals surface area contributed by atoms with Gasteiger partial charge in [-0.05, 0) is 43.2 Å². The number of rotatable bonds is 7. The number of carbonyl (C=O) groups is 1. The highest BCUT2D eigenvalue weighted by Gasteiger charge is 2.17. The van der Waals surface area contributed by atoms with E-state index in [-0.39, 0.29) is 6.03 Å². The number of benzene rings is 1. The molecule has 2 aromatic rings. The number of carbonyl (C=O) groups excluding carboxylic acids is 1. The number of aromatic nitrogens is 1. The third kappa shape index (κ3) is 5.84. The number of nitrogens with one attached hydrogen (secondary N) is 1. The van der Waals surface area contributed by atoms with Crippen LogP contribution in [0.3, 0.4) is 0 Å². The minimum atomic E-state index is -0.0521. The zero-order valence-corrected chi connectivity index (χ0v) is 16.4. The van der Waals surface area contributed by atoms with E-state index in [9.17, 15) is 4.79 Å². The van der Waals surface area contributed by atoms with Gasteiger partial charge in [-0.15, -0.1) is 0 Å². The molecule has 146 valence electrons. The fraction of sp³-hybridized carbons (Fsp3) is 0.476. The van der Waals surface area contributed by atoms with Crippen molar-refractivity contribution in [2.45, 2.75) is 19.9 Å². The van der Waals surface area contributed by atoms with Gasteiger partial charge in [0.05, 0.1) is 19.8 Å². The summed E-state index contributed by atoms with van der Waals surface area (Å²) >= 11 is 0. The second-order valence-corrected chi connectivity index (χ2v) is 7.14. The van der Waals surface area contributed by atoms with Gasteiger partial charge in [0.2, 0.25) is 0 Å². The first-order chi connectivity index (χ1) is 13.1. The van der Waals surface area contributed by atoms with Gasteiger partial charge in [-0.2, -0.15) is 0 Å². The molecular formula is C21H30N4O2. The van der Waals surface area contributed by atoms with E-state index >= 15 is 0 Å². The first kappa shape index (κ1) is 19.5. The summed E-state index contributed by atoms with van der Waals surface area (Å²) < 4.78 is 7.47. The van der Waals surface area contributed by atoms with Crippen LogP contribution in [0.15, 0.2) is 42.6 Å². The molecule has 1 aromatic heterocycles. The van der Waals surface area contributed by atoms with Gasteiger partial charge >= 0.3 is 6.03 Å². The van der Waals surface area contributed by atoms with Gasteiger partial charge in [-0.1, -0.05) is 12.1 Å². The lowest BCUT2D eigenvalue weighted by Crippen LogP contribution is -2.40. The largest absolute Gasteiger partial charge is 0.379 e. The second kappa shape index (κ2) is 9.58. The monoisotopic (exact) mass is 370 g/mol. The molecule has 1 N–H and O–H groups in total. The zero-order valence-electron chi connectivity index (χ0n) is 16.4. The molecule has 1 aliphatic heterocycles. The number of urea groups is 1. The lowest BCUT2D eigenvalue weighted by molar-refractivity contribution is 0.0365. The van der Waals surface area contributed by atoms with Gasteiger partial charge in [-0.3, -0.25) is 4.90 Å². The summed E-state index contributed by atoms with van der Waals surface area (Å²) in [6, 6.07) is 11.9. The standard InChI is InChI=1S/C21H30N4O2/c1-18-6-3-7-19(16-18)22-21(26)25(17-20-8-4-9-23(20)2)11-5-10-24-12-14-27-15-13-24/h3-4,6-9,16H,5,10-15,17H2,1-2H3,(H,22,26). The van der Waals surface area contributed by atoms with E-state index in [0.29, 0.717) is 6.54 Å². The van der Waals surface area contributed by atoms with Crippen molar-refractivity contribution in [3.63, 3.8) is 0 Å². The summed E-state index contributed by atoms with van der Waals surface area (Å²) in [6.45, 7) is 7.91. The van der Waals surface area contributed by atoms with Crippen LogP contribution in [-0.2, 0) is 18.3 Å². The fourth-order valence-electron chi connectivity index (χ4n) is 3.34. The molecule has 2 heterocycles. The molecule has 1 aromatic carbocycles. The molecule has 0 bridgehead atoms. The van der Waals surface area contributed by atoms with Crippen LogP contribution >= 0.6 is 0 Å². The van der Waals surface area contributed by atoms with Gasteiger partial charge in [0, 0.05) is 50.8 Å². The van der Waals surface area contributed by atoms with Crippen molar-refractivity contribution in [2.75, 3.05) is 44.7 Å². The molecule has 6 heteroatoms. The number of anilines is 1. The zero-order chi connectivity index (χ0) is 19.1. The van der Waals surface area contributed by atoms with E-state index in [1.54, 1.807) is 0 Å². The molecule has 0 saturated carbocycles. The Morgan fingerprint density at radius 3 is 2.74 bits per heavy atom. The highest BCUT2D eigenvalue weighted by atomic mass is 16.5. The predicted octanol–water partition coefficient (Wildman–Crippen LogP) is 3.09. The van der Waals surface area contributed by atoms with E-state index in [1.165, 1.54) is 0 Å². The maximum Gasteiger partial charge on any atom is 0.322 e. The number of ether oxygens (including phenoxy) is 1. The molecule has 0 unspecified atom stereocenters. The third-order valence-corrected chi connectivity index (χ3v) is 4.97. The van der Waals surface area contributed by atoms with Crippen LogP contribution in [0.5, 0.6) is 0 Å². The highest BCUT2D eigenvalue weighted by molar-refractivity contribution is 5.89. The van der Waals surface area contributed by atoms with Crippen LogP contribution in [0.25, 0.3) is 0 Å². The number of hydrogen-bond donors (Lipinski definition) is 1. The van der Waals surface area contributed by atoms with Crippen LogP contribution in [0.1, 0.15) is 17.7 Å². The molecule has 6 nitrogen and oxygen atoms in total. The van der Waals surface area contributed by atoms with E-state index in [4.69, 9.17) is 4.74 Å². The van der Waals surface area contributed by atoms with Crippen LogP contribution in [0.4, 0.5) is 10.5 Å². The molecule has 0 aliphatic carbocycles. The Morgan fingerprint density at radius 1 is 1.22 bits per heavy atom. The number of amides is 2. The number of morpholine rings is 1. The summed E-state index contributed by atoms with van der Waals surface area (Å²) in [5.74, 6) is 0. The normalized spacial score (nSPS) is 14.9.